The zero-order valence-electron chi connectivity index (χ0n) is 79.3. The molecule has 4 amide bonds. The van der Waals surface area contributed by atoms with Crippen LogP contribution in [-0.2, 0) is 71.9 Å². The van der Waals surface area contributed by atoms with E-state index in [1.165, 1.54) is 134 Å². The first-order valence-electron chi connectivity index (χ1n) is 43.2. The lowest BCUT2D eigenvalue weighted by atomic mass is 9.61. The Kier molecular flexibility index (Phi) is 64.8. The second kappa shape index (κ2) is 66.7. The molecule has 2 aliphatic carbocycles. The zero-order valence-corrected chi connectivity index (χ0v) is 79.3. The number of hydrogen-bond donors (Lipinski definition) is 4. The number of aryl methyl sites for hydroxylation is 3. The van der Waals surface area contributed by atoms with Crippen molar-refractivity contribution in [3.05, 3.63) is 87.8 Å². The molecule has 0 spiro atoms. The molecule has 3 aromatic rings. The minimum absolute atomic E-state index is 0.0431. The van der Waals surface area contributed by atoms with Crippen LogP contribution in [0.15, 0.2) is 42.5 Å². The summed E-state index contributed by atoms with van der Waals surface area (Å²) in [6.07, 6.45) is 22.3. The monoisotopic (exact) mass is 1720 g/mol. The van der Waals surface area contributed by atoms with E-state index < -0.39 is 35.7 Å². The highest BCUT2D eigenvalue weighted by Gasteiger charge is 2.45. The maximum absolute atomic E-state index is 11.8. The molecular formula is C96H151N7O20. The molecule has 27 nitrogen and oxygen atoms in total. The van der Waals surface area contributed by atoms with Gasteiger partial charge in [0.25, 0.3) is 0 Å². The van der Waals surface area contributed by atoms with Crippen molar-refractivity contribution < 1.29 is 95.8 Å². The van der Waals surface area contributed by atoms with Gasteiger partial charge in [0.15, 0.2) is 28.9 Å². The Labute approximate surface area is 733 Å². The summed E-state index contributed by atoms with van der Waals surface area (Å²) in [6.45, 7) is 44.6. The lowest BCUT2D eigenvalue weighted by Crippen LogP contribution is -2.46. The molecule has 27 heteroatoms. The molecule has 2 aliphatic rings. The van der Waals surface area contributed by atoms with Gasteiger partial charge >= 0.3 is 5.97 Å². The summed E-state index contributed by atoms with van der Waals surface area (Å²) >= 11 is 0. The van der Waals surface area contributed by atoms with Gasteiger partial charge in [0.1, 0.15) is 82.2 Å². The van der Waals surface area contributed by atoms with Crippen molar-refractivity contribution in [1.82, 2.24) is 36.2 Å². The summed E-state index contributed by atoms with van der Waals surface area (Å²) in [6, 6.07) is 10.9. The maximum Gasteiger partial charge on any atom is 0.328 e. The molecule has 7 unspecified atom stereocenters. The minimum Gasteiger partial charge on any atom is -0.462 e. The predicted molar refractivity (Wildman–Crippen MR) is 479 cm³/mol. The number of rotatable bonds is 39. The SMILES string of the molecule is CC(=O)C1CC(C(C)=O)C(C(C)=O)CC1C(C)=O.CC(=O)CCC1(C)CC(NC(C)=O)CC(C)(C)C1.CC(=O)CCCCC(C)=O.CC(=O)CCCCC(NC(C)=O)C(=O)OCCNC(C)=O.CC(=O)CCCCCCCNC(C)=O.CC(=O)c1cc(C(C)=O)cc(C(C)=O)c1.CC(=O)c1ccccc1C(C)=O.CCCCCC.Cc1nc(C)nc(C)n1. The van der Waals surface area contributed by atoms with Gasteiger partial charge in [-0.1, -0.05) is 110 Å². The molecule has 0 aliphatic heterocycles. The molecule has 5 rings (SSSR count). The molecule has 2 saturated carbocycles. The Balaban J connectivity index is -0.000000658. The van der Waals surface area contributed by atoms with Gasteiger partial charge in [0.05, 0.1) is 6.54 Å². The van der Waals surface area contributed by atoms with Crippen LogP contribution in [0.25, 0.3) is 0 Å². The summed E-state index contributed by atoms with van der Waals surface area (Å²) in [5, 5.41) is 10.9. The standard InChI is InChI=1S/C15H27NO2.C14H24N2O5.C14H20O4.C12H12O3.C11H21NO2.C10H10O2.C8H14O2.C6H9N3.C6H14/c1-11(17)6-7-15(5)9-13(16-12(2)18)8-14(3,4)10-15;1-10(17)6-4-5-7-13(16-12(3)19)14(20)21-9-8-15-11(2)18;1-7(15)11-5-13(9(3)17)14(10(4)18)6-12(11)8(2)16;1-7(13)10-4-11(8(2)14)6-12(5-10)9(3)15;1-10(13)8-6-4-3-5-7-9-12-11(2)14;1-7(11)9-5-3-4-6-10(9)8(2)12;1-7(9)5-3-4-6-8(2)10;1-4-7-5(2)9-6(3)8-4;1-3-5-6-4-2/h13H,6-10H2,1-5H3,(H,16,18);13H,4-9H2,1-3H3,(H,15,18)(H,16,19);11-14H,5-6H2,1-4H3;4-6H,1-3H3;3-9H2,1-2H3,(H,12,14);3-6H,1-2H3;3-6H2,1-2H3;1-3H3;3-6H2,1-2H3. The number of unbranched alkanes of at least 4 members (excludes halogenated alkanes) is 9. The molecule has 1 heterocycles. The second-order valence-corrected chi connectivity index (χ2v) is 33.5. The highest BCUT2D eigenvalue weighted by molar-refractivity contribution is 6.07. The van der Waals surface area contributed by atoms with E-state index in [2.05, 4.69) is 70.8 Å². The molecule has 7 atom stereocenters. The third kappa shape index (κ3) is 63.7. The number of aromatic nitrogens is 3. The first-order valence-corrected chi connectivity index (χ1v) is 43.2. The molecule has 1 aromatic heterocycles. The van der Waals surface area contributed by atoms with Gasteiger partial charge in [-0.15, -0.1) is 0 Å². The van der Waals surface area contributed by atoms with Gasteiger partial charge in [0, 0.05) is 124 Å². The fourth-order valence-electron chi connectivity index (χ4n) is 14.0. The van der Waals surface area contributed by atoms with Crippen LogP contribution in [0.2, 0.25) is 0 Å². The van der Waals surface area contributed by atoms with Crippen molar-refractivity contribution >= 4 is 111 Å². The van der Waals surface area contributed by atoms with Crippen molar-refractivity contribution in [1.29, 1.82) is 0 Å². The van der Waals surface area contributed by atoms with E-state index in [4.69, 9.17) is 4.74 Å². The molecule has 0 radical (unpaired) electrons. The number of amides is 4. The maximum atomic E-state index is 11.8. The van der Waals surface area contributed by atoms with Crippen molar-refractivity contribution in [2.75, 3.05) is 19.7 Å². The zero-order chi connectivity index (χ0) is 95.5. The molecule has 4 N–H and O–H groups in total. The van der Waals surface area contributed by atoms with E-state index in [9.17, 15) is 91.1 Å². The average Bonchev–Trinajstić information content (AvgIpc) is 0.803. The van der Waals surface area contributed by atoms with Crippen LogP contribution in [0, 0.1) is 55.3 Å². The smallest absolute Gasteiger partial charge is 0.328 e. The number of esters is 1. The lowest BCUT2D eigenvalue weighted by Gasteiger charge is -2.47. The van der Waals surface area contributed by atoms with Crippen LogP contribution < -0.4 is 21.3 Å². The summed E-state index contributed by atoms with van der Waals surface area (Å²) < 4.78 is 5.00. The van der Waals surface area contributed by atoms with Gasteiger partial charge in [0.2, 0.25) is 23.6 Å². The van der Waals surface area contributed by atoms with Crippen molar-refractivity contribution in [2.45, 2.75) is 353 Å². The lowest BCUT2D eigenvalue weighted by molar-refractivity contribution is -0.148. The topological polar surface area (TPSA) is 420 Å². The normalized spacial score (nSPS) is 16.3. The third-order valence-corrected chi connectivity index (χ3v) is 19.8. The Morgan fingerprint density at radius 3 is 1.04 bits per heavy atom. The number of nitrogens with zero attached hydrogens (tertiary/aromatic N) is 3. The van der Waals surface area contributed by atoms with Gasteiger partial charge < -0.3 is 50.0 Å². The first kappa shape index (κ1) is 119. The molecule has 2 fully saturated rings. The van der Waals surface area contributed by atoms with Crippen molar-refractivity contribution in [3.63, 3.8) is 0 Å². The van der Waals surface area contributed by atoms with Gasteiger partial charge in [-0.05, 0) is 224 Å². The quantitative estimate of drug-likeness (QED) is 0.0234. The number of carbonyl (C=O) groups excluding carboxylic acids is 19. The van der Waals surface area contributed by atoms with Crippen molar-refractivity contribution in [2.24, 2.45) is 34.5 Å². The van der Waals surface area contributed by atoms with Gasteiger partial charge in [-0.3, -0.25) is 62.3 Å². The summed E-state index contributed by atoms with van der Waals surface area (Å²) in [4.78, 5) is 223. The molecule has 0 saturated heterocycles. The van der Waals surface area contributed by atoms with Crippen LogP contribution in [0.5, 0.6) is 0 Å². The average molecular weight is 1720 g/mol. The Morgan fingerprint density at radius 1 is 0.398 bits per heavy atom. The largest absolute Gasteiger partial charge is 0.462 e. The fourth-order valence-corrected chi connectivity index (χ4v) is 14.0. The van der Waals surface area contributed by atoms with Crippen LogP contribution in [0.4, 0.5) is 0 Å². The Bertz CT molecular complexity index is 3660. The summed E-state index contributed by atoms with van der Waals surface area (Å²) in [5.74, 6) is -0.0131. The minimum atomic E-state index is -0.716. The molecule has 2 aromatic carbocycles. The number of ketones is 14. The Hall–Kier alpha value is -9.82. The molecular weight excluding hydrogens is 1570 g/mol. The second-order valence-electron chi connectivity index (χ2n) is 33.5. The summed E-state index contributed by atoms with van der Waals surface area (Å²) in [5.41, 5.74) is 2.60. The number of Topliss-reactive ketones (excluding diaryl/α,β-unsaturated/α-hetero) is 14. The highest BCUT2D eigenvalue weighted by atomic mass is 16.5. The van der Waals surface area contributed by atoms with E-state index in [1.807, 2.05) is 20.8 Å². The third-order valence-electron chi connectivity index (χ3n) is 19.8. The molecule has 690 valence electrons. The fraction of sp³-hybridized carbons (Fsp3) is 0.646. The number of nitrogens with one attached hydrogen (secondary N) is 4. The van der Waals surface area contributed by atoms with Gasteiger partial charge in [-0.25, -0.2) is 19.7 Å². The van der Waals surface area contributed by atoms with E-state index in [-0.39, 0.29) is 135 Å². The number of ether oxygens (including phenoxy) is 1. The molecule has 123 heavy (non-hydrogen) atoms. The van der Waals surface area contributed by atoms with E-state index in [1.54, 1.807) is 58.9 Å². The summed E-state index contributed by atoms with van der Waals surface area (Å²) in [7, 11) is 0. The van der Waals surface area contributed by atoms with Crippen LogP contribution in [0.3, 0.4) is 0 Å². The number of hydrogen-bond acceptors (Lipinski definition) is 23. The number of benzene rings is 2. The first-order chi connectivity index (χ1) is 57.1. The predicted octanol–water partition coefficient (Wildman–Crippen LogP) is 16.5. The van der Waals surface area contributed by atoms with Crippen LogP contribution >= 0.6 is 0 Å². The number of carbonyl (C=O) groups is 19. The van der Waals surface area contributed by atoms with E-state index in [0.29, 0.717) is 92.0 Å². The van der Waals surface area contributed by atoms with Crippen LogP contribution in [0.1, 0.15) is 389 Å². The van der Waals surface area contributed by atoms with E-state index >= 15 is 0 Å². The van der Waals surface area contributed by atoms with Gasteiger partial charge in [-0.2, -0.15) is 0 Å². The van der Waals surface area contributed by atoms with Crippen LogP contribution in [-0.4, -0.2) is 157 Å². The van der Waals surface area contributed by atoms with E-state index in [0.717, 1.165) is 94.6 Å². The van der Waals surface area contributed by atoms with Crippen molar-refractivity contribution in [3.8, 4) is 0 Å². The highest BCUT2D eigenvalue weighted by Crippen LogP contribution is 2.48. The molecule has 0 bridgehead atoms. The Morgan fingerprint density at radius 2 is 0.732 bits per heavy atom.